The van der Waals surface area contributed by atoms with Crippen LogP contribution in [0.3, 0.4) is 0 Å². The second kappa shape index (κ2) is 5.68. The lowest BCUT2D eigenvalue weighted by molar-refractivity contribution is -0.137. The molecule has 3 N–H and O–H groups in total. The summed E-state index contributed by atoms with van der Waals surface area (Å²) in [6.07, 6.45) is 2.55. The lowest BCUT2D eigenvalue weighted by atomic mass is 9.93. The molecule has 2 heterocycles. The van der Waals surface area contributed by atoms with Gasteiger partial charge in [0.15, 0.2) is 0 Å². The highest BCUT2D eigenvalue weighted by Crippen LogP contribution is 2.22. The number of H-pyrrole nitrogens is 2. The summed E-state index contributed by atoms with van der Waals surface area (Å²) in [6.45, 7) is 1.28. The molecule has 0 radical (unpaired) electrons. The molecule has 1 aromatic rings. The van der Waals surface area contributed by atoms with Crippen LogP contribution < -0.4 is 16.1 Å². The number of aromatic amines is 2. The Kier molecular flexibility index (Phi) is 3.98. The minimum atomic E-state index is -0.808. The fourth-order valence-corrected chi connectivity index (χ4v) is 2.38. The SMILES string of the molecule is O=C(O)CCC1CCCN(c2n[nH]c(=O)[nH]c2=O)C1. The van der Waals surface area contributed by atoms with E-state index in [-0.39, 0.29) is 18.2 Å². The number of aliphatic carboxylic acids is 1. The highest BCUT2D eigenvalue weighted by Gasteiger charge is 2.23. The van der Waals surface area contributed by atoms with E-state index in [0.717, 1.165) is 12.8 Å². The quantitative estimate of drug-likeness (QED) is 0.679. The molecule has 0 aliphatic carbocycles. The van der Waals surface area contributed by atoms with Gasteiger partial charge in [-0.2, -0.15) is 0 Å². The summed E-state index contributed by atoms with van der Waals surface area (Å²) in [5.74, 6) is -0.380. The van der Waals surface area contributed by atoms with E-state index < -0.39 is 17.2 Å². The summed E-state index contributed by atoms with van der Waals surface area (Å²) in [6, 6.07) is 0. The summed E-state index contributed by atoms with van der Waals surface area (Å²) in [5.41, 5.74) is -1.14. The lowest BCUT2D eigenvalue weighted by Crippen LogP contribution is -2.41. The second-order valence-corrected chi connectivity index (χ2v) is 4.72. The molecule has 1 aliphatic rings. The second-order valence-electron chi connectivity index (χ2n) is 4.72. The Morgan fingerprint density at radius 1 is 1.47 bits per heavy atom. The zero-order valence-corrected chi connectivity index (χ0v) is 10.4. The van der Waals surface area contributed by atoms with Gasteiger partial charge in [-0.3, -0.25) is 14.6 Å². The van der Waals surface area contributed by atoms with Gasteiger partial charge in [-0.25, -0.2) is 9.89 Å². The predicted molar refractivity (Wildman–Crippen MR) is 67.3 cm³/mol. The molecule has 1 aromatic heterocycles. The first-order valence-electron chi connectivity index (χ1n) is 6.22. The molecule has 104 valence electrons. The Morgan fingerprint density at radius 3 is 2.95 bits per heavy atom. The van der Waals surface area contributed by atoms with Gasteiger partial charge in [0.25, 0.3) is 5.56 Å². The molecule has 0 aromatic carbocycles. The highest BCUT2D eigenvalue weighted by atomic mass is 16.4. The maximum absolute atomic E-state index is 11.6. The van der Waals surface area contributed by atoms with Gasteiger partial charge in [0.1, 0.15) is 0 Å². The van der Waals surface area contributed by atoms with Crippen LogP contribution in [-0.4, -0.2) is 39.3 Å². The van der Waals surface area contributed by atoms with Crippen LogP contribution in [0.5, 0.6) is 0 Å². The zero-order valence-electron chi connectivity index (χ0n) is 10.4. The molecule has 19 heavy (non-hydrogen) atoms. The summed E-state index contributed by atoms with van der Waals surface area (Å²) in [5, 5.41) is 14.6. The fraction of sp³-hybridized carbons (Fsp3) is 0.636. The van der Waals surface area contributed by atoms with Gasteiger partial charge < -0.3 is 10.0 Å². The maximum atomic E-state index is 11.6. The number of anilines is 1. The van der Waals surface area contributed by atoms with Crippen molar-refractivity contribution in [2.75, 3.05) is 18.0 Å². The van der Waals surface area contributed by atoms with Crippen LogP contribution in [-0.2, 0) is 4.79 Å². The van der Waals surface area contributed by atoms with Crippen LogP contribution in [0, 0.1) is 5.92 Å². The van der Waals surface area contributed by atoms with E-state index in [1.807, 2.05) is 0 Å². The normalized spacial score (nSPS) is 19.4. The minimum Gasteiger partial charge on any atom is -0.481 e. The highest BCUT2D eigenvalue weighted by molar-refractivity contribution is 5.66. The van der Waals surface area contributed by atoms with Crippen molar-refractivity contribution in [3.05, 3.63) is 20.8 Å². The molecule has 0 spiro atoms. The Bertz CT molecular complexity index is 564. The molecular weight excluding hydrogens is 252 g/mol. The average molecular weight is 268 g/mol. The Morgan fingerprint density at radius 2 is 2.26 bits per heavy atom. The van der Waals surface area contributed by atoms with Crippen LogP contribution in [0.4, 0.5) is 5.82 Å². The number of nitrogens with zero attached hydrogens (tertiary/aromatic N) is 2. The summed E-state index contributed by atoms with van der Waals surface area (Å²) >= 11 is 0. The monoisotopic (exact) mass is 268 g/mol. The molecule has 1 fully saturated rings. The molecule has 1 unspecified atom stereocenters. The molecule has 8 nitrogen and oxygen atoms in total. The number of rotatable bonds is 4. The van der Waals surface area contributed by atoms with Crippen LogP contribution in [0.1, 0.15) is 25.7 Å². The number of carboxylic acid groups (broad SMARTS) is 1. The number of nitrogens with one attached hydrogen (secondary N) is 2. The zero-order chi connectivity index (χ0) is 13.8. The Labute approximate surface area is 108 Å². The van der Waals surface area contributed by atoms with Crippen molar-refractivity contribution < 1.29 is 9.90 Å². The first-order chi connectivity index (χ1) is 9.06. The number of hydrogen-bond acceptors (Lipinski definition) is 5. The van der Waals surface area contributed by atoms with E-state index >= 15 is 0 Å². The third-order valence-electron chi connectivity index (χ3n) is 3.28. The molecule has 1 aliphatic heterocycles. The van der Waals surface area contributed by atoms with Gasteiger partial charge in [0.05, 0.1) is 0 Å². The van der Waals surface area contributed by atoms with Crippen LogP contribution in [0.15, 0.2) is 9.59 Å². The molecule has 2 rings (SSSR count). The van der Waals surface area contributed by atoms with Crippen molar-refractivity contribution >= 4 is 11.8 Å². The first-order valence-corrected chi connectivity index (χ1v) is 6.22. The van der Waals surface area contributed by atoms with Gasteiger partial charge in [0.2, 0.25) is 5.82 Å². The molecule has 1 atom stereocenters. The van der Waals surface area contributed by atoms with Crippen molar-refractivity contribution in [1.82, 2.24) is 15.2 Å². The van der Waals surface area contributed by atoms with Gasteiger partial charge in [0, 0.05) is 19.5 Å². The molecule has 0 saturated carbocycles. The fourth-order valence-electron chi connectivity index (χ4n) is 2.38. The number of hydrogen-bond donors (Lipinski definition) is 3. The lowest BCUT2D eigenvalue weighted by Gasteiger charge is -2.32. The van der Waals surface area contributed by atoms with Crippen molar-refractivity contribution in [3.8, 4) is 0 Å². The molecular formula is C11H16N4O4. The van der Waals surface area contributed by atoms with E-state index in [1.54, 1.807) is 4.90 Å². The van der Waals surface area contributed by atoms with Crippen LogP contribution in [0.2, 0.25) is 0 Å². The molecule has 0 bridgehead atoms. The first kappa shape index (κ1) is 13.3. The minimum absolute atomic E-state index is 0.133. The van der Waals surface area contributed by atoms with Crippen LogP contribution in [0.25, 0.3) is 0 Å². The van der Waals surface area contributed by atoms with Crippen LogP contribution >= 0.6 is 0 Å². The summed E-state index contributed by atoms with van der Waals surface area (Å²) in [7, 11) is 0. The predicted octanol–water partition coefficient (Wildman–Crippen LogP) is -0.461. The number of aromatic nitrogens is 3. The third-order valence-corrected chi connectivity index (χ3v) is 3.28. The van der Waals surface area contributed by atoms with Gasteiger partial charge in [-0.05, 0) is 25.2 Å². The average Bonchev–Trinajstić information content (AvgIpc) is 2.36. The number of piperidine rings is 1. The van der Waals surface area contributed by atoms with E-state index in [2.05, 4.69) is 15.2 Å². The van der Waals surface area contributed by atoms with Gasteiger partial charge in [-0.1, -0.05) is 0 Å². The van der Waals surface area contributed by atoms with E-state index in [4.69, 9.17) is 5.11 Å². The number of carbonyl (C=O) groups is 1. The van der Waals surface area contributed by atoms with E-state index in [0.29, 0.717) is 19.5 Å². The topological polar surface area (TPSA) is 119 Å². The van der Waals surface area contributed by atoms with Crippen molar-refractivity contribution in [2.24, 2.45) is 5.92 Å². The van der Waals surface area contributed by atoms with Crippen molar-refractivity contribution in [1.29, 1.82) is 0 Å². The molecule has 8 heteroatoms. The van der Waals surface area contributed by atoms with Gasteiger partial charge >= 0.3 is 11.7 Å². The van der Waals surface area contributed by atoms with E-state index in [1.165, 1.54) is 0 Å². The standard InChI is InChI=1S/C11H16N4O4/c16-8(17)4-3-7-2-1-5-15(6-7)9-10(18)12-11(19)14-13-9/h7H,1-6H2,(H,16,17)(H2,12,14,18,19). The third kappa shape index (κ3) is 3.43. The largest absolute Gasteiger partial charge is 0.481 e. The maximum Gasteiger partial charge on any atom is 0.342 e. The van der Waals surface area contributed by atoms with E-state index in [9.17, 15) is 14.4 Å². The molecule has 1 saturated heterocycles. The smallest absolute Gasteiger partial charge is 0.342 e. The summed E-state index contributed by atoms with van der Waals surface area (Å²) < 4.78 is 0. The Hall–Kier alpha value is -2.12. The van der Waals surface area contributed by atoms with Crippen molar-refractivity contribution in [3.63, 3.8) is 0 Å². The van der Waals surface area contributed by atoms with Gasteiger partial charge in [-0.15, -0.1) is 5.10 Å². The van der Waals surface area contributed by atoms with Crippen molar-refractivity contribution in [2.45, 2.75) is 25.7 Å². The number of carboxylic acids is 1. The Balaban J connectivity index is 2.06. The molecule has 0 amide bonds. The summed E-state index contributed by atoms with van der Waals surface area (Å²) in [4.78, 5) is 37.0.